The number of carboxylic acid groups (broad SMARTS) is 1. The van der Waals surface area contributed by atoms with Gasteiger partial charge >= 0.3 is 5.97 Å². The van der Waals surface area contributed by atoms with E-state index in [0.29, 0.717) is 18.1 Å². The summed E-state index contributed by atoms with van der Waals surface area (Å²) in [6, 6.07) is 12.2. The molecule has 2 rings (SSSR count). The fraction of sp³-hybridized carbons (Fsp3) is 0.273. The monoisotopic (exact) mass is 461 g/mol. The Kier molecular flexibility index (Phi) is 8.27. The van der Waals surface area contributed by atoms with Gasteiger partial charge in [0.05, 0.1) is 7.11 Å². The first-order chi connectivity index (χ1) is 13.8. The van der Waals surface area contributed by atoms with Gasteiger partial charge in [0.1, 0.15) is 12.6 Å². The fourth-order valence-corrected chi connectivity index (χ4v) is 2.80. The van der Waals surface area contributed by atoms with Gasteiger partial charge in [-0.05, 0) is 47.4 Å². The number of carboxylic acids is 1. The topological polar surface area (TPSA) is 84.9 Å². The molecule has 2 N–H and O–H groups in total. The maximum atomic E-state index is 12.0. The summed E-state index contributed by atoms with van der Waals surface area (Å²) in [6.45, 7) is 3.87. The summed E-state index contributed by atoms with van der Waals surface area (Å²) in [5.74, 6) is -0.624. The molecule has 0 unspecified atom stereocenters. The lowest BCUT2D eigenvalue weighted by atomic mass is 10.0. The number of carbonyl (C=O) groups excluding carboxylic acids is 1. The molecular formula is C22H24BrNO5. The SMILES string of the molecule is COc1cc(/C=C/C(=O)N[C@@H](C(=O)O)C(C)C)ccc1OCc1ccc(Br)cc1. The Morgan fingerprint density at radius 3 is 2.41 bits per heavy atom. The van der Waals surface area contributed by atoms with Crippen LogP contribution in [0.15, 0.2) is 53.0 Å². The quantitative estimate of drug-likeness (QED) is 0.544. The zero-order valence-electron chi connectivity index (χ0n) is 16.5. The van der Waals surface area contributed by atoms with Crippen molar-refractivity contribution in [2.45, 2.75) is 26.5 Å². The highest BCUT2D eigenvalue weighted by atomic mass is 79.9. The summed E-state index contributed by atoms with van der Waals surface area (Å²) in [5, 5.41) is 11.6. The number of amides is 1. The standard InChI is InChI=1S/C22H24BrNO5/c1-14(2)21(22(26)27)24-20(25)11-7-15-6-10-18(19(12-15)28-3)29-13-16-4-8-17(23)9-5-16/h4-12,14,21H,13H2,1-3H3,(H,24,25)(H,26,27)/b11-7+/t21-/m1/s1. The van der Waals surface area contributed by atoms with Gasteiger partial charge in [-0.15, -0.1) is 0 Å². The molecule has 0 heterocycles. The third kappa shape index (κ3) is 6.94. The Morgan fingerprint density at radius 1 is 1.14 bits per heavy atom. The summed E-state index contributed by atoms with van der Waals surface area (Å²) >= 11 is 3.40. The second-order valence-corrected chi connectivity index (χ2v) is 7.64. The molecular weight excluding hydrogens is 438 g/mol. The van der Waals surface area contributed by atoms with Crippen LogP contribution in [-0.2, 0) is 16.2 Å². The molecule has 0 saturated heterocycles. The van der Waals surface area contributed by atoms with Crippen molar-refractivity contribution in [1.82, 2.24) is 5.32 Å². The first-order valence-electron chi connectivity index (χ1n) is 9.07. The smallest absolute Gasteiger partial charge is 0.326 e. The Balaban J connectivity index is 2.03. The molecule has 7 heteroatoms. The van der Waals surface area contributed by atoms with E-state index in [2.05, 4.69) is 21.2 Å². The third-order valence-corrected chi connectivity index (χ3v) is 4.68. The lowest BCUT2D eigenvalue weighted by Crippen LogP contribution is -2.43. The molecule has 0 fully saturated rings. The lowest BCUT2D eigenvalue weighted by Gasteiger charge is -2.16. The highest BCUT2D eigenvalue weighted by molar-refractivity contribution is 9.10. The molecule has 0 aromatic heterocycles. The van der Waals surface area contributed by atoms with Crippen molar-refractivity contribution in [1.29, 1.82) is 0 Å². The minimum absolute atomic E-state index is 0.216. The maximum Gasteiger partial charge on any atom is 0.326 e. The fourth-order valence-electron chi connectivity index (χ4n) is 2.54. The zero-order valence-corrected chi connectivity index (χ0v) is 18.1. The molecule has 0 bridgehead atoms. The molecule has 0 radical (unpaired) electrons. The van der Waals surface area contributed by atoms with Gasteiger partial charge < -0.3 is 19.9 Å². The molecule has 1 atom stereocenters. The number of rotatable bonds is 9. The summed E-state index contributed by atoms with van der Waals surface area (Å²) < 4.78 is 12.2. The molecule has 29 heavy (non-hydrogen) atoms. The molecule has 1 amide bonds. The van der Waals surface area contributed by atoms with E-state index in [1.165, 1.54) is 6.08 Å². The van der Waals surface area contributed by atoms with Gasteiger partial charge in [0.15, 0.2) is 11.5 Å². The van der Waals surface area contributed by atoms with Crippen LogP contribution in [0.3, 0.4) is 0 Å². The van der Waals surface area contributed by atoms with Gasteiger partial charge in [-0.1, -0.05) is 48.0 Å². The molecule has 0 spiro atoms. The predicted octanol–water partition coefficient (Wildman–Crippen LogP) is 4.28. The van der Waals surface area contributed by atoms with E-state index in [1.807, 2.05) is 24.3 Å². The average molecular weight is 462 g/mol. The Hall–Kier alpha value is -2.80. The van der Waals surface area contributed by atoms with E-state index >= 15 is 0 Å². The highest BCUT2D eigenvalue weighted by Gasteiger charge is 2.22. The molecule has 2 aromatic rings. The third-order valence-electron chi connectivity index (χ3n) is 4.15. The average Bonchev–Trinajstić information content (AvgIpc) is 2.69. The normalized spacial score (nSPS) is 12.0. The van der Waals surface area contributed by atoms with Crippen LogP contribution in [0.4, 0.5) is 0 Å². The van der Waals surface area contributed by atoms with Gasteiger partial charge in [-0.2, -0.15) is 0 Å². The number of carbonyl (C=O) groups is 2. The van der Waals surface area contributed by atoms with Gasteiger partial charge in [0, 0.05) is 10.5 Å². The minimum atomic E-state index is -1.06. The second-order valence-electron chi connectivity index (χ2n) is 6.73. The van der Waals surface area contributed by atoms with E-state index < -0.39 is 17.9 Å². The van der Waals surface area contributed by atoms with Crippen LogP contribution in [0.1, 0.15) is 25.0 Å². The van der Waals surface area contributed by atoms with Gasteiger partial charge in [-0.25, -0.2) is 4.79 Å². The number of aliphatic carboxylic acids is 1. The van der Waals surface area contributed by atoms with Crippen molar-refractivity contribution < 1.29 is 24.2 Å². The predicted molar refractivity (Wildman–Crippen MR) is 115 cm³/mol. The summed E-state index contributed by atoms with van der Waals surface area (Å²) in [4.78, 5) is 23.2. The van der Waals surface area contributed by atoms with Crippen LogP contribution in [0.2, 0.25) is 0 Å². The van der Waals surface area contributed by atoms with Gasteiger partial charge in [-0.3, -0.25) is 4.79 Å². The van der Waals surface area contributed by atoms with Crippen LogP contribution in [0, 0.1) is 5.92 Å². The van der Waals surface area contributed by atoms with Crippen LogP contribution >= 0.6 is 15.9 Å². The van der Waals surface area contributed by atoms with E-state index in [9.17, 15) is 9.59 Å². The molecule has 0 aliphatic rings. The molecule has 2 aromatic carbocycles. The van der Waals surface area contributed by atoms with E-state index in [-0.39, 0.29) is 5.92 Å². The number of nitrogens with one attached hydrogen (secondary N) is 1. The van der Waals surface area contributed by atoms with Crippen molar-refractivity contribution in [2.24, 2.45) is 5.92 Å². The number of halogens is 1. The molecule has 0 saturated carbocycles. The van der Waals surface area contributed by atoms with Crippen molar-refractivity contribution >= 4 is 33.9 Å². The van der Waals surface area contributed by atoms with E-state index in [4.69, 9.17) is 14.6 Å². The Bertz CT molecular complexity index is 877. The van der Waals surface area contributed by atoms with Crippen molar-refractivity contribution in [3.63, 3.8) is 0 Å². The second kappa shape index (κ2) is 10.7. The number of benzene rings is 2. The van der Waals surface area contributed by atoms with Gasteiger partial charge in [0.25, 0.3) is 0 Å². The van der Waals surface area contributed by atoms with Crippen LogP contribution in [0.5, 0.6) is 11.5 Å². The summed E-state index contributed by atoms with van der Waals surface area (Å²) in [5.41, 5.74) is 1.75. The van der Waals surface area contributed by atoms with Crippen molar-refractivity contribution in [3.8, 4) is 11.5 Å². The zero-order chi connectivity index (χ0) is 21.4. The molecule has 0 aliphatic heterocycles. The molecule has 0 aliphatic carbocycles. The highest BCUT2D eigenvalue weighted by Crippen LogP contribution is 2.29. The Labute approximate surface area is 178 Å². The van der Waals surface area contributed by atoms with Crippen molar-refractivity contribution in [2.75, 3.05) is 7.11 Å². The summed E-state index contributed by atoms with van der Waals surface area (Å²) in [6.07, 6.45) is 2.89. The first kappa shape index (κ1) is 22.5. The molecule has 6 nitrogen and oxygen atoms in total. The van der Waals surface area contributed by atoms with Crippen LogP contribution < -0.4 is 14.8 Å². The Morgan fingerprint density at radius 2 is 1.83 bits per heavy atom. The molecule has 154 valence electrons. The number of hydrogen-bond acceptors (Lipinski definition) is 4. The first-order valence-corrected chi connectivity index (χ1v) is 9.86. The summed E-state index contributed by atoms with van der Waals surface area (Å²) in [7, 11) is 1.54. The maximum absolute atomic E-state index is 12.0. The van der Waals surface area contributed by atoms with Crippen molar-refractivity contribution in [3.05, 3.63) is 64.1 Å². The number of methoxy groups -OCH3 is 1. The largest absolute Gasteiger partial charge is 0.493 e. The minimum Gasteiger partial charge on any atom is -0.493 e. The van der Waals surface area contributed by atoms with Crippen LogP contribution in [-0.4, -0.2) is 30.1 Å². The van der Waals surface area contributed by atoms with Crippen LogP contribution in [0.25, 0.3) is 6.08 Å². The lowest BCUT2D eigenvalue weighted by molar-refractivity contribution is -0.142. The van der Waals surface area contributed by atoms with E-state index in [0.717, 1.165) is 15.6 Å². The number of hydrogen-bond donors (Lipinski definition) is 2. The van der Waals surface area contributed by atoms with E-state index in [1.54, 1.807) is 45.2 Å². The number of ether oxygens (including phenoxy) is 2. The van der Waals surface area contributed by atoms with Gasteiger partial charge in [0.2, 0.25) is 5.91 Å².